The number of hydrogen-bond donors (Lipinski definition) is 1. The maximum atomic E-state index is 11.7. The van der Waals surface area contributed by atoms with E-state index in [0.29, 0.717) is 21.6 Å². The zero-order valence-corrected chi connectivity index (χ0v) is 13.8. The lowest BCUT2D eigenvalue weighted by molar-refractivity contribution is 0.457. The van der Waals surface area contributed by atoms with Crippen LogP contribution in [0.4, 0.5) is 5.69 Å². The van der Waals surface area contributed by atoms with E-state index < -0.39 is 9.84 Å². The molecule has 0 heterocycles. The number of hydrogen-bond acceptors (Lipinski definition) is 3. The van der Waals surface area contributed by atoms with Crippen LogP contribution in [-0.2, 0) is 9.84 Å². The van der Waals surface area contributed by atoms with Crippen LogP contribution in [0.25, 0.3) is 0 Å². The molecule has 1 N–H and O–H groups in total. The summed E-state index contributed by atoms with van der Waals surface area (Å²) in [6.07, 6.45) is 0. The number of benzene rings is 1. The van der Waals surface area contributed by atoms with E-state index in [1.54, 1.807) is 19.1 Å². The first kappa shape index (κ1) is 15.4. The highest BCUT2D eigenvalue weighted by atomic mass is 32.2. The van der Waals surface area contributed by atoms with Crippen LogP contribution in [0.1, 0.15) is 34.6 Å². The Labute approximate surface area is 122 Å². The molecule has 1 aromatic carbocycles. The molecule has 3 nitrogen and oxygen atoms in total. The summed E-state index contributed by atoms with van der Waals surface area (Å²) in [5, 5.41) is 3.42. The zero-order valence-electron chi connectivity index (χ0n) is 13.0. The van der Waals surface area contributed by atoms with E-state index in [1.165, 1.54) is 0 Å². The topological polar surface area (TPSA) is 46.2 Å². The second-order valence-electron chi connectivity index (χ2n) is 6.80. The van der Waals surface area contributed by atoms with Crippen molar-refractivity contribution in [3.8, 4) is 0 Å². The molecule has 112 valence electrons. The van der Waals surface area contributed by atoms with E-state index in [4.69, 9.17) is 0 Å². The monoisotopic (exact) mass is 295 g/mol. The molecule has 1 fully saturated rings. The summed E-state index contributed by atoms with van der Waals surface area (Å²) in [6, 6.07) is 7.07. The zero-order chi connectivity index (χ0) is 15.2. The molecule has 0 radical (unpaired) electrons. The summed E-state index contributed by atoms with van der Waals surface area (Å²) in [5.41, 5.74) is 1.72. The van der Waals surface area contributed by atoms with Crippen molar-refractivity contribution in [1.29, 1.82) is 0 Å². The Morgan fingerprint density at radius 1 is 1.05 bits per heavy atom. The number of anilines is 1. The lowest BCUT2D eigenvalue weighted by Gasteiger charge is -2.08. The SMILES string of the molecule is CCS(=O)(=O)c1ccc(NCC2C(C)(C)C2(C)C)cc1. The molecule has 2 rings (SSSR count). The Hall–Kier alpha value is -1.03. The van der Waals surface area contributed by atoms with Crippen LogP contribution in [-0.4, -0.2) is 20.7 Å². The Morgan fingerprint density at radius 3 is 1.95 bits per heavy atom. The highest BCUT2D eigenvalue weighted by Crippen LogP contribution is 2.68. The Morgan fingerprint density at radius 2 is 1.55 bits per heavy atom. The van der Waals surface area contributed by atoms with Gasteiger partial charge in [0.15, 0.2) is 9.84 Å². The molecular weight excluding hydrogens is 270 g/mol. The Kier molecular flexibility index (Phi) is 3.66. The van der Waals surface area contributed by atoms with Crippen molar-refractivity contribution in [3.05, 3.63) is 24.3 Å². The maximum absolute atomic E-state index is 11.7. The van der Waals surface area contributed by atoms with Gasteiger partial charge >= 0.3 is 0 Å². The third-order valence-electron chi connectivity index (χ3n) is 5.42. The molecule has 0 amide bonds. The summed E-state index contributed by atoms with van der Waals surface area (Å²) in [6.45, 7) is 11.8. The molecule has 0 aliphatic heterocycles. The standard InChI is InChI=1S/C16H25NO2S/c1-6-20(18,19)13-9-7-12(8-10-13)17-11-14-15(2,3)16(14,4)5/h7-10,14,17H,6,11H2,1-5H3. The first-order chi connectivity index (χ1) is 9.13. The molecule has 1 aromatic rings. The van der Waals surface area contributed by atoms with Crippen molar-refractivity contribution in [2.24, 2.45) is 16.7 Å². The lowest BCUT2D eigenvalue weighted by Crippen LogP contribution is -2.08. The highest BCUT2D eigenvalue weighted by Gasteiger charge is 2.63. The normalized spacial score (nSPS) is 20.6. The van der Waals surface area contributed by atoms with Gasteiger partial charge in [-0.1, -0.05) is 34.6 Å². The van der Waals surface area contributed by atoms with Gasteiger partial charge < -0.3 is 5.32 Å². The molecule has 1 aliphatic carbocycles. The van der Waals surface area contributed by atoms with Crippen molar-refractivity contribution in [2.45, 2.75) is 39.5 Å². The summed E-state index contributed by atoms with van der Waals surface area (Å²) in [5.74, 6) is 0.790. The van der Waals surface area contributed by atoms with Crippen LogP contribution in [0.2, 0.25) is 0 Å². The quantitative estimate of drug-likeness (QED) is 0.903. The molecule has 1 saturated carbocycles. The first-order valence-corrected chi connectivity index (χ1v) is 8.85. The summed E-state index contributed by atoms with van der Waals surface area (Å²) in [4.78, 5) is 0.401. The van der Waals surface area contributed by atoms with Gasteiger partial charge in [0.05, 0.1) is 10.6 Å². The molecule has 0 atom stereocenters. The van der Waals surface area contributed by atoms with Crippen LogP contribution in [0.3, 0.4) is 0 Å². The van der Waals surface area contributed by atoms with Gasteiger partial charge in [-0.25, -0.2) is 8.42 Å². The Balaban J connectivity index is 2.00. The van der Waals surface area contributed by atoms with Crippen molar-refractivity contribution in [1.82, 2.24) is 0 Å². The average Bonchev–Trinajstić information content (AvgIpc) is 2.78. The van der Waals surface area contributed by atoms with Gasteiger partial charge in [-0.05, 0) is 41.0 Å². The fourth-order valence-electron chi connectivity index (χ4n) is 3.01. The minimum absolute atomic E-state index is 0.143. The third kappa shape index (κ3) is 2.46. The van der Waals surface area contributed by atoms with Gasteiger partial charge in [0.2, 0.25) is 0 Å². The van der Waals surface area contributed by atoms with Crippen molar-refractivity contribution in [3.63, 3.8) is 0 Å². The second kappa shape index (κ2) is 4.76. The predicted octanol–water partition coefficient (Wildman–Crippen LogP) is 3.57. The lowest BCUT2D eigenvalue weighted by atomic mass is 10.0. The van der Waals surface area contributed by atoms with Gasteiger partial charge in [0.25, 0.3) is 0 Å². The summed E-state index contributed by atoms with van der Waals surface area (Å²) >= 11 is 0. The van der Waals surface area contributed by atoms with Gasteiger partial charge in [-0.15, -0.1) is 0 Å². The fraction of sp³-hybridized carbons (Fsp3) is 0.625. The van der Waals surface area contributed by atoms with Gasteiger partial charge in [0.1, 0.15) is 0 Å². The van der Waals surface area contributed by atoms with E-state index in [9.17, 15) is 8.42 Å². The molecule has 0 spiro atoms. The van der Waals surface area contributed by atoms with Crippen LogP contribution < -0.4 is 5.32 Å². The minimum atomic E-state index is -3.10. The number of sulfone groups is 1. The van der Waals surface area contributed by atoms with Crippen LogP contribution in [0.5, 0.6) is 0 Å². The van der Waals surface area contributed by atoms with Crippen molar-refractivity contribution in [2.75, 3.05) is 17.6 Å². The molecule has 0 aromatic heterocycles. The number of nitrogens with one attached hydrogen (secondary N) is 1. The smallest absolute Gasteiger partial charge is 0.178 e. The van der Waals surface area contributed by atoms with E-state index in [-0.39, 0.29) is 5.75 Å². The first-order valence-electron chi connectivity index (χ1n) is 7.19. The largest absolute Gasteiger partial charge is 0.385 e. The molecule has 0 bridgehead atoms. The molecule has 0 unspecified atom stereocenters. The van der Waals surface area contributed by atoms with Crippen LogP contribution in [0, 0.1) is 16.7 Å². The van der Waals surface area contributed by atoms with Crippen molar-refractivity contribution >= 4 is 15.5 Å². The summed E-state index contributed by atoms with van der Waals surface area (Å²) < 4.78 is 23.5. The average molecular weight is 295 g/mol. The van der Waals surface area contributed by atoms with Crippen LogP contribution in [0.15, 0.2) is 29.2 Å². The minimum Gasteiger partial charge on any atom is -0.385 e. The van der Waals surface area contributed by atoms with E-state index in [2.05, 4.69) is 33.0 Å². The number of rotatable bonds is 5. The second-order valence-corrected chi connectivity index (χ2v) is 9.08. The highest BCUT2D eigenvalue weighted by molar-refractivity contribution is 7.91. The van der Waals surface area contributed by atoms with E-state index in [0.717, 1.165) is 12.2 Å². The van der Waals surface area contributed by atoms with Gasteiger partial charge in [-0.2, -0.15) is 0 Å². The van der Waals surface area contributed by atoms with Gasteiger partial charge in [-0.3, -0.25) is 0 Å². The molecule has 20 heavy (non-hydrogen) atoms. The predicted molar refractivity (Wildman–Crippen MR) is 83.7 cm³/mol. The molecule has 1 aliphatic rings. The van der Waals surface area contributed by atoms with E-state index in [1.807, 2.05) is 12.1 Å². The van der Waals surface area contributed by atoms with Gasteiger partial charge in [0, 0.05) is 12.2 Å². The maximum Gasteiger partial charge on any atom is 0.178 e. The molecule has 4 heteroatoms. The van der Waals surface area contributed by atoms with E-state index >= 15 is 0 Å². The summed E-state index contributed by atoms with van der Waals surface area (Å²) in [7, 11) is -3.10. The van der Waals surface area contributed by atoms with Crippen molar-refractivity contribution < 1.29 is 8.42 Å². The fourth-order valence-corrected chi connectivity index (χ4v) is 3.89. The molecular formula is C16H25NO2S. The Bertz CT molecular complexity index is 571. The van der Waals surface area contributed by atoms with Crippen LogP contribution >= 0.6 is 0 Å². The third-order valence-corrected chi connectivity index (χ3v) is 7.17. The molecule has 0 saturated heterocycles.